The Hall–Kier alpha value is -1.39. The number of nitrogens with two attached hydrogens (primary N) is 1. The second-order valence-electron chi connectivity index (χ2n) is 4.84. The molecule has 2 saturated heterocycles. The molecule has 2 unspecified atom stereocenters. The molecule has 1 aromatic carbocycles. The van der Waals surface area contributed by atoms with Crippen molar-refractivity contribution in [3.63, 3.8) is 0 Å². The lowest BCUT2D eigenvalue weighted by molar-refractivity contribution is -0.132. The Balaban J connectivity index is 1.76. The summed E-state index contributed by atoms with van der Waals surface area (Å²) in [6.07, 6.45) is 0.968. The van der Waals surface area contributed by atoms with Gasteiger partial charge in [-0.05, 0) is 17.5 Å². The van der Waals surface area contributed by atoms with Gasteiger partial charge in [0.25, 0.3) is 0 Å². The predicted octanol–water partition coefficient (Wildman–Crippen LogP) is 0.218. The number of hydrogen-bond donors (Lipinski definition) is 2. The van der Waals surface area contributed by atoms with E-state index in [2.05, 4.69) is 17.4 Å². The zero-order valence-corrected chi connectivity index (χ0v) is 9.73. The van der Waals surface area contributed by atoms with Crippen LogP contribution in [-0.2, 0) is 17.9 Å². The summed E-state index contributed by atoms with van der Waals surface area (Å²) in [6, 6.07) is 8.63. The number of carbonyl (C=O) groups excluding carboxylic acids is 1. The molecule has 4 heteroatoms. The first kappa shape index (κ1) is 10.7. The molecule has 0 radical (unpaired) electrons. The first-order chi connectivity index (χ1) is 8.28. The highest BCUT2D eigenvalue weighted by Gasteiger charge is 2.44. The summed E-state index contributed by atoms with van der Waals surface area (Å²) in [7, 11) is 0. The van der Waals surface area contributed by atoms with Crippen molar-refractivity contribution in [2.45, 2.75) is 31.6 Å². The second-order valence-corrected chi connectivity index (χ2v) is 4.84. The van der Waals surface area contributed by atoms with Crippen molar-refractivity contribution in [1.82, 2.24) is 10.2 Å². The summed E-state index contributed by atoms with van der Waals surface area (Å²) >= 11 is 0. The number of carbonyl (C=O) groups is 1. The van der Waals surface area contributed by atoms with Crippen LogP contribution in [0.4, 0.5) is 0 Å². The molecule has 1 amide bonds. The number of fused-ring (bicyclic) bond motifs is 2. The van der Waals surface area contributed by atoms with Crippen molar-refractivity contribution in [2.24, 2.45) is 5.73 Å². The van der Waals surface area contributed by atoms with Crippen molar-refractivity contribution in [3.8, 4) is 0 Å². The van der Waals surface area contributed by atoms with E-state index in [-0.39, 0.29) is 11.9 Å². The molecule has 90 valence electrons. The van der Waals surface area contributed by atoms with E-state index in [0.717, 1.165) is 25.1 Å². The van der Waals surface area contributed by atoms with E-state index >= 15 is 0 Å². The van der Waals surface area contributed by atoms with Gasteiger partial charge < -0.3 is 16.0 Å². The van der Waals surface area contributed by atoms with Crippen molar-refractivity contribution in [2.75, 3.05) is 6.54 Å². The minimum Gasteiger partial charge on any atom is -0.333 e. The number of amides is 1. The van der Waals surface area contributed by atoms with Gasteiger partial charge in [-0.25, -0.2) is 0 Å². The average molecular weight is 231 g/mol. The molecule has 2 heterocycles. The smallest absolute Gasteiger partial charge is 0.240 e. The van der Waals surface area contributed by atoms with Crippen LogP contribution in [0.2, 0.25) is 0 Å². The van der Waals surface area contributed by atoms with Crippen LogP contribution < -0.4 is 11.1 Å². The van der Waals surface area contributed by atoms with E-state index in [9.17, 15) is 4.79 Å². The molecule has 3 rings (SSSR count). The van der Waals surface area contributed by atoms with Gasteiger partial charge in [0.1, 0.15) is 0 Å². The third kappa shape index (κ3) is 1.83. The van der Waals surface area contributed by atoms with Gasteiger partial charge in [-0.3, -0.25) is 4.79 Å². The number of nitrogens with zero attached hydrogens (tertiary/aromatic N) is 1. The van der Waals surface area contributed by atoms with Crippen LogP contribution in [0, 0.1) is 0 Å². The van der Waals surface area contributed by atoms with Crippen LogP contribution in [-0.4, -0.2) is 29.4 Å². The molecule has 2 atom stereocenters. The van der Waals surface area contributed by atoms with Gasteiger partial charge in [0.15, 0.2) is 0 Å². The van der Waals surface area contributed by atoms with Gasteiger partial charge in [-0.15, -0.1) is 0 Å². The Morgan fingerprint density at radius 1 is 1.41 bits per heavy atom. The third-order valence-electron chi connectivity index (χ3n) is 3.71. The second kappa shape index (κ2) is 4.13. The van der Waals surface area contributed by atoms with Gasteiger partial charge in [0, 0.05) is 25.7 Å². The fraction of sp³-hybridized carbons (Fsp3) is 0.462. The van der Waals surface area contributed by atoms with E-state index in [0.29, 0.717) is 12.6 Å². The van der Waals surface area contributed by atoms with Crippen molar-refractivity contribution in [3.05, 3.63) is 35.4 Å². The fourth-order valence-electron chi connectivity index (χ4n) is 2.78. The normalized spacial score (nSPS) is 26.9. The molecular formula is C13H17N3O. The summed E-state index contributed by atoms with van der Waals surface area (Å²) in [6.45, 7) is 2.21. The minimum atomic E-state index is 0.0673. The summed E-state index contributed by atoms with van der Waals surface area (Å²) in [5, 5.41) is 3.23. The summed E-state index contributed by atoms with van der Waals surface area (Å²) in [4.78, 5) is 14.0. The molecule has 0 saturated carbocycles. The van der Waals surface area contributed by atoms with Crippen molar-refractivity contribution >= 4 is 5.91 Å². The number of likely N-dealkylation sites (tertiary alicyclic amines) is 1. The van der Waals surface area contributed by atoms with Crippen LogP contribution in [0.5, 0.6) is 0 Å². The molecule has 17 heavy (non-hydrogen) atoms. The van der Waals surface area contributed by atoms with Crippen LogP contribution in [0.15, 0.2) is 24.3 Å². The monoisotopic (exact) mass is 231 g/mol. The van der Waals surface area contributed by atoms with Crippen LogP contribution in [0.1, 0.15) is 17.5 Å². The first-order valence-corrected chi connectivity index (χ1v) is 6.09. The largest absolute Gasteiger partial charge is 0.333 e. The lowest BCUT2D eigenvalue weighted by atomic mass is 10.1. The molecule has 0 aromatic heterocycles. The molecular weight excluding hydrogens is 214 g/mol. The van der Waals surface area contributed by atoms with Crippen LogP contribution in [0.25, 0.3) is 0 Å². The maximum atomic E-state index is 12.0. The Morgan fingerprint density at radius 3 is 2.94 bits per heavy atom. The first-order valence-electron chi connectivity index (χ1n) is 6.09. The quantitative estimate of drug-likeness (QED) is 0.782. The topological polar surface area (TPSA) is 58.4 Å². The maximum Gasteiger partial charge on any atom is 0.240 e. The zero-order valence-electron chi connectivity index (χ0n) is 9.73. The summed E-state index contributed by atoms with van der Waals surface area (Å²) in [5.74, 6) is 0.249. The molecule has 0 aliphatic carbocycles. The highest BCUT2D eigenvalue weighted by Crippen LogP contribution is 2.26. The third-order valence-corrected chi connectivity index (χ3v) is 3.71. The molecule has 0 spiro atoms. The molecule has 4 nitrogen and oxygen atoms in total. The Bertz CT molecular complexity index is 446. The Morgan fingerprint density at radius 2 is 2.24 bits per heavy atom. The molecule has 2 fully saturated rings. The Kier molecular flexibility index (Phi) is 2.61. The van der Waals surface area contributed by atoms with Gasteiger partial charge in [0.2, 0.25) is 5.91 Å². The number of piperazine rings is 1. The average Bonchev–Trinajstić information content (AvgIpc) is 2.93. The Labute approximate surface area is 101 Å². The molecule has 2 aliphatic heterocycles. The van der Waals surface area contributed by atoms with E-state index in [1.54, 1.807) is 0 Å². The summed E-state index contributed by atoms with van der Waals surface area (Å²) < 4.78 is 0. The van der Waals surface area contributed by atoms with Crippen molar-refractivity contribution < 1.29 is 4.79 Å². The fourth-order valence-corrected chi connectivity index (χ4v) is 2.78. The van der Waals surface area contributed by atoms with Gasteiger partial charge in [0.05, 0.1) is 6.04 Å². The molecule has 1 aromatic rings. The van der Waals surface area contributed by atoms with E-state index in [1.165, 1.54) is 5.56 Å². The lowest BCUT2D eigenvalue weighted by Gasteiger charge is -2.27. The van der Waals surface area contributed by atoms with E-state index < -0.39 is 0 Å². The standard InChI is InChI=1S/C13H17N3O/c14-6-9-2-1-3-10(4-9)8-16-11-5-12(13(16)17)15-7-11/h1-4,11-12,15H,5-8,14H2. The number of hydrogen-bond acceptors (Lipinski definition) is 3. The van der Waals surface area contributed by atoms with E-state index in [4.69, 9.17) is 5.73 Å². The highest BCUT2D eigenvalue weighted by molar-refractivity contribution is 5.85. The highest BCUT2D eigenvalue weighted by atomic mass is 16.2. The SMILES string of the molecule is NCc1cccc(CN2C(=O)C3CC2CN3)c1. The molecule has 3 N–H and O–H groups in total. The van der Waals surface area contributed by atoms with Gasteiger partial charge >= 0.3 is 0 Å². The predicted molar refractivity (Wildman–Crippen MR) is 65.1 cm³/mol. The van der Waals surface area contributed by atoms with Gasteiger partial charge in [-0.1, -0.05) is 24.3 Å². The number of benzene rings is 1. The zero-order chi connectivity index (χ0) is 11.8. The number of rotatable bonds is 3. The molecule has 2 aliphatic rings. The summed E-state index contributed by atoms with van der Waals surface area (Å²) in [5.41, 5.74) is 7.92. The van der Waals surface area contributed by atoms with Crippen molar-refractivity contribution in [1.29, 1.82) is 0 Å². The maximum absolute atomic E-state index is 12.0. The minimum absolute atomic E-state index is 0.0673. The van der Waals surface area contributed by atoms with Crippen LogP contribution >= 0.6 is 0 Å². The number of nitrogens with one attached hydrogen (secondary N) is 1. The van der Waals surface area contributed by atoms with Gasteiger partial charge in [-0.2, -0.15) is 0 Å². The van der Waals surface area contributed by atoms with Crippen LogP contribution in [0.3, 0.4) is 0 Å². The molecule has 2 bridgehead atoms. The lowest BCUT2D eigenvalue weighted by Crippen LogP contribution is -2.47. The van der Waals surface area contributed by atoms with E-state index in [1.807, 2.05) is 17.0 Å².